The van der Waals surface area contributed by atoms with Gasteiger partial charge < -0.3 is 24.6 Å². The van der Waals surface area contributed by atoms with Crippen LogP contribution in [0.5, 0.6) is 5.75 Å². The number of hydrogen-bond donors (Lipinski definition) is 1. The Bertz CT molecular complexity index is 1330. The summed E-state index contributed by atoms with van der Waals surface area (Å²) in [5, 5.41) is 3.19. The van der Waals surface area contributed by atoms with Gasteiger partial charge in [-0.15, -0.1) is 0 Å². The average molecular weight is 619 g/mol. The molecule has 10 nitrogen and oxygen atoms in total. The molecule has 0 aliphatic rings. The Morgan fingerprint density at radius 2 is 1.71 bits per heavy atom. The number of amides is 2. The Morgan fingerprint density at radius 3 is 2.40 bits per heavy atom. The van der Waals surface area contributed by atoms with E-state index >= 15 is 0 Å². The monoisotopic (exact) mass is 618 g/mol. The van der Waals surface area contributed by atoms with Gasteiger partial charge in [-0.05, 0) is 73.5 Å². The van der Waals surface area contributed by atoms with E-state index in [9.17, 15) is 9.59 Å². The number of nitrogens with zero attached hydrogens (tertiary/aromatic N) is 5. The van der Waals surface area contributed by atoms with E-state index in [1.54, 1.807) is 36.4 Å². The fourth-order valence-corrected chi connectivity index (χ4v) is 4.80. The first-order valence-electron chi connectivity index (χ1n) is 16.0. The Balaban J connectivity index is 1.70. The standard InChI is InChI=1S/C35H50N6O4/c1-7-40(8-2)23-22-39(5)33(42)29-16-18-30(19-17-29)37-34-36-21-20-32(38-34)41(26-28-14-12-15-31(25-28)44-6)35(43)45-24-11-9-10-13-27(3)4/h12,14-21,25,27H,7-11,13,22-24,26H2,1-6H3,(H,36,37,38). The van der Waals surface area contributed by atoms with E-state index in [0.29, 0.717) is 42.1 Å². The van der Waals surface area contributed by atoms with Crippen LogP contribution in [0.3, 0.4) is 0 Å². The van der Waals surface area contributed by atoms with Crippen LogP contribution in [0.25, 0.3) is 0 Å². The second-order valence-corrected chi connectivity index (χ2v) is 11.5. The zero-order valence-corrected chi connectivity index (χ0v) is 27.8. The van der Waals surface area contributed by atoms with Crippen LogP contribution >= 0.6 is 0 Å². The molecule has 45 heavy (non-hydrogen) atoms. The van der Waals surface area contributed by atoms with Gasteiger partial charge in [-0.2, -0.15) is 4.98 Å². The summed E-state index contributed by atoms with van der Waals surface area (Å²) in [6, 6.07) is 16.5. The Hall–Kier alpha value is -4.18. The Morgan fingerprint density at radius 1 is 0.956 bits per heavy atom. The lowest BCUT2D eigenvalue weighted by Crippen LogP contribution is -2.36. The first-order valence-corrected chi connectivity index (χ1v) is 16.0. The second kappa shape index (κ2) is 18.6. The first-order chi connectivity index (χ1) is 21.7. The number of aromatic nitrogens is 2. The van der Waals surface area contributed by atoms with Crippen LogP contribution in [0.15, 0.2) is 60.8 Å². The minimum absolute atomic E-state index is 0.0291. The van der Waals surface area contributed by atoms with Gasteiger partial charge in [0, 0.05) is 37.6 Å². The molecule has 0 bridgehead atoms. The average Bonchev–Trinajstić information content (AvgIpc) is 3.05. The summed E-state index contributed by atoms with van der Waals surface area (Å²) in [4.78, 5) is 40.8. The van der Waals surface area contributed by atoms with Crippen LogP contribution in [0.1, 0.15) is 69.3 Å². The SMILES string of the molecule is CCN(CC)CCN(C)C(=O)c1ccc(Nc2nccc(N(Cc3cccc(OC)c3)C(=O)OCCCCCC(C)C)n2)cc1. The molecular formula is C35H50N6O4. The van der Waals surface area contributed by atoms with Crippen molar-refractivity contribution in [1.82, 2.24) is 19.8 Å². The maximum Gasteiger partial charge on any atom is 0.415 e. The van der Waals surface area contributed by atoms with E-state index in [-0.39, 0.29) is 12.5 Å². The Labute approximate surface area is 268 Å². The number of likely N-dealkylation sites (N-methyl/N-ethyl adjacent to an activating group) is 2. The van der Waals surface area contributed by atoms with Crippen molar-refractivity contribution in [3.63, 3.8) is 0 Å². The minimum atomic E-state index is -0.473. The molecule has 0 fully saturated rings. The van der Waals surface area contributed by atoms with Crippen molar-refractivity contribution in [2.45, 2.75) is 59.9 Å². The number of benzene rings is 2. The topological polar surface area (TPSA) is 100 Å². The van der Waals surface area contributed by atoms with Gasteiger partial charge in [0.2, 0.25) is 5.95 Å². The predicted octanol–water partition coefficient (Wildman–Crippen LogP) is 7.00. The third-order valence-corrected chi connectivity index (χ3v) is 7.64. The normalized spacial score (nSPS) is 11.0. The highest BCUT2D eigenvalue weighted by molar-refractivity contribution is 5.94. The van der Waals surface area contributed by atoms with Gasteiger partial charge in [-0.1, -0.05) is 59.1 Å². The lowest BCUT2D eigenvalue weighted by atomic mass is 10.1. The van der Waals surface area contributed by atoms with Crippen LogP contribution < -0.4 is 15.0 Å². The molecule has 0 spiro atoms. The van der Waals surface area contributed by atoms with Gasteiger partial charge in [0.15, 0.2) is 0 Å². The van der Waals surface area contributed by atoms with E-state index < -0.39 is 6.09 Å². The van der Waals surface area contributed by atoms with Crippen molar-refractivity contribution in [3.8, 4) is 5.75 Å². The molecule has 0 saturated heterocycles. The smallest absolute Gasteiger partial charge is 0.415 e. The molecule has 0 aliphatic carbocycles. The largest absolute Gasteiger partial charge is 0.497 e. The van der Waals surface area contributed by atoms with Crippen molar-refractivity contribution < 1.29 is 19.1 Å². The molecule has 1 N–H and O–H groups in total. The Kier molecular flexibility index (Phi) is 14.6. The number of carbonyl (C=O) groups excluding carboxylic acids is 2. The number of methoxy groups -OCH3 is 1. The number of unbranched alkanes of at least 4 members (excludes halogenated alkanes) is 2. The van der Waals surface area contributed by atoms with Crippen molar-refractivity contribution in [3.05, 3.63) is 71.9 Å². The predicted molar refractivity (Wildman–Crippen MR) is 180 cm³/mol. The number of rotatable bonds is 18. The maximum absolute atomic E-state index is 13.3. The van der Waals surface area contributed by atoms with Gasteiger partial charge >= 0.3 is 6.09 Å². The molecule has 1 aromatic heterocycles. The van der Waals surface area contributed by atoms with Crippen LogP contribution in [0, 0.1) is 5.92 Å². The fraction of sp³-hybridized carbons (Fsp3) is 0.486. The molecule has 0 unspecified atom stereocenters. The fourth-order valence-electron chi connectivity index (χ4n) is 4.80. The summed E-state index contributed by atoms with van der Waals surface area (Å²) < 4.78 is 11.1. The molecule has 2 aromatic carbocycles. The molecule has 0 saturated carbocycles. The molecule has 0 atom stereocenters. The van der Waals surface area contributed by atoms with Crippen LogP contribution in [0.4, 0.5) is 22.2 Å². The van der Waals surface area contributed by atoms with E-state index in [0.717, 1.165) is 50.1 Å². The zero-order valence-electron chi connectivity index (χ0n) is 27.8. The number of nitrogens with one attached hydrogen (secondary N) is 1. The van der Waals surface area contributed by atoms with Gasteiger partial charge in [-0.3, -0.25) is 9.69 Å². The first kappa shape index (κ1) is 35.3. The quantitative estimate of drug-likeness (QED) is 0.152. The van der Waals surface area contributed by atoms with Gasteiger partial charge in [0.05, 0.1) is 20.3 Å². The number of anilines is 3. The lowest BCUT2D eigenvalue weighted by Gasteiger charge is -2.23. The third-order valence-electron chi connectivity index (χ3n) is 7.64. The molecule has 2 amide bonds. The summed E-state index contributed by atoms with van der Waals surface area (Å²) in [6.07, 6.45) is 5.24. The van der Waals surface area contributed by atoms with Gasteiger partial charge in [0.1, 0.15) is 11.6 Å². The highest BCUT2D eigenvalue weighted by Gasteiger charge is 2.21. The number of carbonyl (C=O) groups is 2. The molecular weight excluding hydrogens is 568 g/mol. The second-order valence-electron chi connectivity index (χ2n) is 11.5. The summed E-state index contributed by atoms with van der Waals surface area (Å²) in [5.41, 5.74) is 2.20. The van der Waals surface area contributed by atoms with Crippen molar-refractivity contribution in [2.24, 2.45) is 5.92 Å². The van der Waals surface area contributed by atoms with E-state index in [4.69, 9.17) is 9.47 Å². The minimum Gasteiger partial charge on any atom is -0.497 e. The van der Waals surface area contributed by atoms with E-state index in [1.807, 2.05) is 43.4 Å². The molecule has 244 valence electrons. The summed E-state index contributed by atoms with van der Waals surface area (Å²) in [5.74, 6) is 2.06. The van der Waals surface area contributed by atoms with Gasteiger partial charge in [-0.25, -0.2) is 9.78 Å². The maximum atomic E-state index is 13.3. The highest BCUT2D eigenvalue weighted by Crippen LogP contribution is 2.22. The van der Waals surface area contributed by atoms with Crippen molar-refractivity contribution >= 4 is 29.5 Å². The van der Waals surface area contributed by atoms with E-state index in [1.165, 1.54) is 11.3 Å². The summed E-state index contributed by atoms with van der Waals surface area (Å²) in [6.45, 7) is 12.7. The zero-order chi connectivity index (χ0) is 32.6. The van der Waals surface area contributed by atoms with Crippen molar-refractivity contribution in [2.75, 3.05) is 57.2 Å². The molecule has 3 rings (SSSR count). The lowest BCUT2D eigenvalue weighted by molar-refractivity contribution is 0.0779. The van der Waals surface area contributed by atoms with Crippen LogP contribution in [-0.4, -0.2) is 78.7 Å². The van der Waals surface area contributed by atoms with E-state index in [2.05, 4.69) is 47.9 Å². The third kappa shape index (κ3) is 11.7. The summed E-state index contributed by atoms with van der Waals surface area (Å²) >= 11 is 0. The van der Waals surface area contributed by atoms with Gasteiger partial charge in [0.25, 0.3) is 5.91 Å². The molecule has 10 heteroatoms. The molecule has 1 heterocycles. The number of ether oxygens (including phenoxy) is 2. The van der Waals surface area contributed by atoms with Crippen molar-refractivity contribution in [1.29, 1.82) is 0 Å². The summed E-state index contributed by atoms with van der Waals surface area (Å²) in [7, 11) is 3.44. The van der Waals surface area contributed by atoms with Crippen LogP contribution in [0.2, 0.25) is 0 Å². The van der Waals surface area contributed by atoms with Crippen LogP contribution in [-0.2, 0) is 11.3 Å². The highest BCUT2D eigenvalue weighted by atomic mass is 16.6. The molecule has 3 aromatic rings. The molecule has 0 radical (unpaired) electrons. The molecule has 0 aliphatic heterocycles. The number of hydrogen-bond acceptors (Lipinski definition) is 8.